The normalized spacial score (nSPS) is 15.5. The van der Waals surface area contributed by atoms with E-state index in [9.17, 15) is 18.0 Å². The molecule has 172 valence electrons. The zero-order valence-electron chi connectivity index (χ0n) is 18.4. The lowest BCUT2D eigenvalue weighted by Crippen LogP contribution is -2.47. The summed E-state index contributed by atoms with van der Waals surface area (Å²) in [5.41, 5.74) is 1.71. The molecular weight excluding hydrogens is 450 g/mol. The molecule has 0 unspecified atom stereocenters. The van der Waals surface area contributed by atoms with E-state index in [1.54, 1.807) is 24.3 Å². The smallest absolute Gasteiger partial charge is 0.251 e. The molecule has 2 N–H and O–H groups in total. The first-order valence-corrected chi connectivity index (χ1v) is 12.4. The second-order valence-corrected chi connectivity index (χ2v) is 10.6. The van der Waals surface area contributed by atoms with Crippen molar-refractivity contribution in [1.82, 2.24) is 9.62 Å². The summed E-state index contributed by atoms with van der Waals surface area (Å²) in [7, 11) is -3.74. The maximum atomic E-state index is 13.0. The summed E-state index contributed by atoms with van der Waals surface area (Å²) < 4.78 is 27.3. The molecular formula is C23H28ClN3O4S. The standard InChI is InChI=1S/C23H28ClN3O4S/c1-15(2)21(26-22(28)17-8-6-7-16(3)13-17)23(29)25-18-9-10-19(24)20(14-18)32(30,31)27-11-4-5-12-27/h6-10,13-15,21H,4-5,11-12H2,1-3H3,(H,25,29)(H,26,28)/t21-/m0/s1. The number of hydrogen-bond acceptors (Lipinski definition) is 4. The van der Waals surface area contributed by atoms with Gasteiger partial charge in [0.25, 0.3) is 5.91 Å². The fraction of sp³-hybridized carbons (Fsp3) is 0.391. The van der Waals surface area contributed by atoms with Crippen LogP contribution in [0.1, 0.15) is 42.6 Å². The van der Waals surface area contributed by atoms with Gasteiger partial charge in [0.1, 0.15) is 10.9 Å². The second kappa shape index (κ2) is 10.0. The summed E-state index contributed by atoms with van der Waals surface area (Å²) in [6.45, 7) is 6.45. The van der Waals surface area contributed by atoms with Crippen LogP contribution in [0.2, 0.25) is 5.02 Å². The number of carbonyl (C=O) groups is 2. The van der Waals surface area contributed by atoms with Crippen LogP contribution in [0.3, 0.4) is 0 Å². The van der Waals surface area contributed by atoms with Crippen LogP contribution in [0.4, 0.5) is 5.69 Å². The van der Waals surface area contributed by atoms with Gasteiger partial charge in [-0.2, -0.15) is 4.31 Å². The Labute approximate surface area is 194 Å². The minimum absolute atomic E-state index is 0.0382. The topological polar surface area (TPSA) is 95.6 Å². The SMILES string of the molecule is Cc1cccc(C(=O)N[C@H](C(=O)Nc2ccc(Cl)c(S(=O)(=O)N3CCCC3)c2)C(C)C)c1. The first kappa shape index (κ1) is 24.2. The fourth-order valence-electron chi connectivity index (χ4n) is 3.61. The van der Waals surface area contributed by atoms with Crippen LogP contribution in [-0.2, 0) is 14.8 Å². The van der Waals surface area contributed by atoms with Crippen LogP contribution in [0.15, 0.2) is 47.4 Å². The van der Waals surface area contributed by atoms with Crippen molar-refractivity contribution in [3.05, 3.63) is 58.6 Å². The molecule has 0 saturated carbocycles. The highest BCUT2D eigenvalue weighted by atomic mass is 35.5. The fourth-order valence-corrected chi connectivity index (χ4v) is 5.63. The molecule has 1 aliphatic heterocycles. The third kappa shape index (κ3) is 5.49. The van der Waals surface area contributed by atoms with Crippen molar-refractivity contribution < 1.29 is 18.0 Å². The van der Waals surface area contributed by atoms with Crippen molar-refractivity contribution in [2.75, 3.05) is 18.4 Å². The largest absolute Gasteiger partial charge is 0.340 e. The molecule has 7 nitrogen and oxygen atoms in total. The van der Waals surface area contributed by atoms with E-state index in [1.807, 2.05) is 26.8 Å². The molecule has 0 aromatic heterocycles. The number of aryl methyl sites for hydroxylation is 1. The first-order chi connectivity index (χ1) is 15.1. The Hall–Kier alpha value is -2.42. The average Bonchev–Trinajstić information content (AvgIpc) is 3.28. The lowest BCUT2D eigenvalue weighted by Gasteiger charge is -2.22. The Bertz CT molecular complexity index is 1110. The molecule has 0 aliphatic carbocycles. The molecule has 9 heteroatoms. The van der Waals surface area contributed by atoms with E-state index in [1.165, 1.54) is 16.4 Å². The van der Waals surface area contributed by atoms with E-state index < -0.39 is 22.0 Å². The van der Waals surface area contributed by atoms with Gasteiger partial charge < -0.3 is 10.6 Å². The Kier molecular flexibility index (Phi) is 7.59. The molecule has 0 bridgehead atoms. The maximum absolute atomic E-state index is 13.0. The van der Waals surface area contributed by atoms with Gasteiger partial charge in [-0.1, -0.05) is 43.1 Å². The number of benzene rings is 2. The van der Waals surface area contributed by atoms with E-state index in [-0.39, 0.29) is 21.7 Å². The van der Waals surface area contributed by atoms with Crippen molar-refractivity contribution >= 4 is 39.1 Å². The van der Waals surface area contributed by atoms with Crippen molar-refractivity contribution in [2.45, 2.75) is 44.6 Å². The summed E-state index contributed by atoms with van der Waals surface area (Å²) in [6.07, 6.45) is 1.62. The van der Waals surface area contributed by atoms with E-state index in [2.05, 4.69) is 10.6 Å². The van der Waals surface area contributed by atoms with Crippen molar-refractivity contribution in [1.29, 1.82) is 0 Å². The predicted molar refractivity (Wildman–Crippen MR) is 125 cm³/mol. The molecule has 1 atom stereocenters. The molecule has 3 rings (SSSR count). The highest BCUT2D eigenvalue weighted by molar-refractivity contribution is 7.89. The van der Waals surface area contributed by atoms with Crippen molar-refractivity contribution in [2.24, 2.45) is 5.92 Å². The highest BCUT2D eigenvalue weighted by Crippen LogP contribution is 2.29. The molecule has 1 fully saturated rings. The Morgan fingerprint density at radius 2 is 1.75 bits per heavy atom. The minimum atomic E-state index is -3.74. The van der Waals surface area contributed by atoms with Crippen LogP contribution in [0, 0.1) is 12.8 Å². The zero-order chi connectivity index (χ0) is 23.5. The number of hydrogen-bond donors (Lipinski definition) is 2. The summed E-state index contributed by atoms with van der Waals surface area (Å²) in [4.78, 5) is 25.6. The minimum Gasteiger partial charge on any atom is -0.340 e. The second-order valence-electron chi connectivity index (χ2n) is 8.31. The van der Waals surface area contributed by atoms with Gasteiger partial charge in [0.2, 0.25) is 15.9 Å². The van der Waals surface area contributed by atoms with Gasteiger partial charge in [-0.05, 0) is 56.0 Å². The number of halogens is 1. The third-order valence-electron chi connectivity index (χ3n) is 5.40. The molecule has 2 aromatic carbocycles. The first-order valence-electron chi connectivity index (χ1n) is 10.6. The summed E-state index contributed by atoms with van der Waals surface area (Å²) in [6, 6.07) is 10.7. The number of nitrogens with one attached hydrogen (secondary N) is 2. The van der Waals surface area contributed by atoms with Crippen LogP contribution in [0.5, 0.6) is 0 Å². The van der Waals surface area contributed by atoms with Gasteiger partial charge in [-0.3, -0.25) is 9.59 Å². The highest BCUT2D eigenvalue weighted by Gasteiger charge is 2.30. The number of sulfonamides is 1. The maximum Gasteiger partial charge on any atom is 0.251 e. The van der Waals surface area contributed by atoms with Crippen LogP contribution in [-0.4, -0.2) is 43.7 Å². The summed E-state index contributed by atoms with van der Waals surface area (Å²) >= 11 is 6.18. The molecule has 2 aromatic rings. The molecule has 0 radical (unpaired) electrons. The Balaban J connectivity index is 1.79. The van der Waals surface area contributed by atoms with Crippen molar-refractivity contribution in [3.63, 3.8) is 0 Å². The molecule has 1 saturated heterocycles. The Morgan fingerprint density at radius 1 is 1.06 bits per heavy atom. The van der Waals surface area contributed by atoms with E-state index >= 15 is 0 Å². The molecule has 2 amide bonds. The van der Waals surface area contributed by atoms with Gasteiger partial charge in [0.05, 0.1) is 5.02 Å². The number of carbonyl (C=O) groups excluding carboxylic acids is 2. The quantitative estimate of drug-likeness (QED) is 0.633. The van der Waals surface area contributed by atoms with Gasteiger partial charge >= 0.3 is 0 Å². The predicted octanol–water partition coefficient (Wildman–Crippen LogP) is 3.83. The molecule has 32 heavy (non-hydrogen) atoms. The number of amides is 2. The van der Waals surface area contributed by atoms with Gasteiger partial charge in [-0.15, -0.1) is 0 Å². The molecule has 0 spiro atoms. The molecule has 1 heterocycles. The van der Waals surface area contributed by atoms with Gasteiger partial charge in [-0.25, -0.2) is 8.42 Å². The van der Waals surface area contributed by atoms with Gasteiger partial charge in [0, 0.05) is 24.3 Å². The zero-order valence-corrected chi connectivity index (χ0v) is 20.0. The third-order valence-corrected chi connectivity index (χ3v) is 7.78. The van der Waals surface area contributed by atoms with Crippen LogP contribution >= 0.6 is 11.6 Å². The number of rotatable bonds is 7. The Morgan fingerprint density at radius 3 is 2.38 bits per heavy atom. The average molecular weight is 478 g/mol. The van der Waals surface area contributed by atoms with Gasteiger partial charge in [0.15, 0.2) is 0 Å². The van der Waals surface area contributed by atoms with Crippen LogP contribution in [0.25, 0.3) is 0 Å². The van der Waals surface area contributed by atoms with E-state index in [0.29, 0.717) is 24.3 Å². The molecule has 1 aliphatic rings. The van der Waals surface area contributed by atoms with Crippen LogP contribution < -0.4 is 10.6 Å². The summed E-state index contributed by atoms with van der Waals surface area (Å²) in [5, 5.41) is 5.60. The lowest BCUT2D eigenvalue weighted by molar-refractivity contribution is -0.118. The number of nitrogens with zero attached hydrogens (tertiary/aromatic N) is 1. The van der Waals surface area contributed by atoms with E-state index in [0.717, 1.165) is 18.4 Å². The number of anilines is 1. The van der Waals surface area contributed by atoms with E-state index in [4.69, 9.17) is 11.6 Å². The summed E-state index contributed by atoms with van der Waals surface area (Å²) in [5.74, 6) is -0.979. The van der Waals surface area contributed by atoms with Crippen molar-refractivity contribution in [3.8, 4) is 0 Å². The monoisotopic (exact) mass is 477 g/mol. The lowest BCUT2D eigenvalue weighted by atomic mass is 10.0.